The van der Waals surface area contributed by atoms with Crippen molar-refractivity contribution < 1.29 is 4.79 Å². The van der Waals surface area contributed by atoms with E-state index in [1.165, 1.54) is 8.90 Å². The SMILES string of the molecule is O=C1C[Se]c2cc[se]c21. The van der Waals surface area contributed by atoms with Gasteiger partial charge in [0.25, 0.3) is 0 Å². The summed E-state index contributed by atoms with van der Waals surface area (Å²) < 4.78 is 2.55. The van der Waals surface area contributed by atoms with Crippen LogP contribution in [0.25, 0.3) is 0 Å². The Balaban J connectivity index is 2.61. The number of ketones is 1. The average Bonchev–Trinajstić information content (AvgIpc) is 2.35. The van der Waals surface area contributed by atoms with Gasteiger partial charge in [-0.05, 0) is 0 Å². The molecule has 9 heavy (non-hydrogen) atoms. The zero-order valence-electron chi connectivity index (χ0n) is 4.59. The molecule has 3 heteroatoms. The number of hydrogen-bond donors (Lipinski definition) is 0. The van der Waals surface area contributed by atoms with Gasteiger partial charge in [-0.2, -0.15) is 0 Å². The van der Waals surface area contributed by atoms with Gasteiger partial charge in [-0.3, -0.25) is 0 Å². The van der Waals surface area contributed by atoms with Crippen LogP contribution in [0.5, 0.6) is 0 Å². The summed E-state index contributed by atoms with van der Waals surface area (Å²) >= 11 is 0.909. The Kier molecular flexibility index (Phi) is 1.39. The normalized spacial score (nSPS) is 16.2. The number of Topliss-reactive ketones (excluding diaryl/α,β-unsaturated/α-hetero) is 1. The van der Waals surface area contributed by atoms with E-state index < -0.39 is 0 Å². The summed E-state index contributed by atoms with van der Waals surface area (Å²) in [5, 5.41) is 0.837. The summed E-state index contributed by atoms with van der Waals surface area (Å²) in [4.78, 5) is 13.1. The van der Waals surface area contributed by atoms with Crippen molar-refractivity contribution in [3.05, 3.63) is 15.4 Å². The maximum absolute atomic E-state index is 11.0. The third kappa shape index (κ3) is 0.852. The molecule has 1 aliphatic heterocycles. The fraction of sp³-hybridized carbons (Fsp3) is 0.167. The van der Waals surface area contributed by atoms with Gasteiger partial charge in [-0.15, -0.1) is 0 Å². The summed E-state index contributed by atoms with van der Waals surface area (Å²) in [5.74, 6) is 0.426. The number of hydrogen-bond acceptors (Lipinski definition) is 1. The first-order chi connectivity index (χ1) is 4.38. The van der Waals surface area contributed by atoms with Crippen LogP contribution < -0.4 is 4.46 Å². The summed E-state index contributed by atoms with van der Waals surface area (Å²) in [7, 11) is 0. The van der Waals surface area contributed by atoms with Crippen LogP contribution >= 0.6 is 0 Å². The molecule has 0 unspecified atom stereocenters. The average molecular weight is 250 g/mol. The Morgan fingerprint density at radius 1 is 1.56 bits per heavy atom. The zero-order chi connectivity index (χ0) is 6.27. The summed E-state index contributed by atoms with van der Waals surface area (Å²) in [6.07, 6.45) is 0. The second-order valence-corrected chi connectivity index (χ2v) is 5.88. The number of carbonyl (C=O) groups is 1. The topological polar surface area (TPSA) is 17.1 Å². The second kappa shape index (κ2) is 2.10. The maximum atomic E-state index is 11.0. The molecule has 1 aliphatic rings. The molecule has 2 rings (SSSR count). The predicted molar refractivity (Wildman–Crippen MR) is 37.9 cm³/mol. The molecule has 0 N–H and O–H groups in total. The van der Waals surface area contributed by atoms with Crippen molar-refractivity contribution in [1.82, 2.24) is 0 Å². The van der Waals surface area contributed by atoms with Crippen LogP contribution in [-0.4, -0.2) is 35.2 Å². The molecule has 1 aromatic heterocycles. The van der Waals surface area contributed by atoms with Gasteiger partial charge in [-0.1, -0.05) is 0 Å². The number of rotatable bonds is 0. The van der Waals surface area contributed by atoms with Crippen LogP contribution in [0.2, 0.25) is 5.32 Å². The van der Waals surface area contributed by atoms with E-state index >= 15 is 0 Å². The molecule has 0 aromatic carbocycles. The van der Waals surface area contributed by atoms with Crippen molar-refractivity contribution in [2.24, 2.45) is 0 Å². The Bertz CT molecular complexity index is 251. The van der Waals surface area contributed by atoms with Gasteiger partial charge in [0.2, 0.25) is 0 Å². The molecule has 46 valence electrons. The van der Waals surface area contributed by atoms with Crippen LogP contribution in [0.4, 0.5) is 0 Å². The van der Waals surface area contributed by atoms with Gasteiger partial charge < -0.3 is 0 Å². The third-order valence-corrected chi connectivity index (χ3v) is 6.12. The molecule has 0 saturated carbocycles. The molecule has 1 aromatic rings. The number of fused-ring (bicyclic) bond motifs is 1. The van der Waals surface area contributed by atoms with Crippen LogP contribution in [0.1, 0.15) is 9.23 Å². The molecular formula is C6H4OSe2. The van der Waals surface area contributed by atoms with Crippen molar-refractivity contribution in [3.8, 4) is 0 Å². The third-order valence-electron chi connectivity index (χ3n) is 1.24. The first-order valence-corrected chi connectivity index (χ1v) is 6.53. The Labute approximate surface area is 65.4 Å². The fourth-order valence-electron chi connectivity index (χ4n) is 0.823. The monoisotopic (exact) mass is 252 g/mol. The van der Waals surface area contributed by atoms with Crippen molar-refractivity contribution in [3.63, 3.8) is 0 Å². The second-order valence-electron chi connectivity index (χ2n) is 1.83. The van der Waals surface area contributed by atoms with Crippen molar-refractivity contribution in [2.75, 3.05) is 0 Å². The van der Waals surface area contributed by atoms with Gasteiger partial charge in [0.05, 0.1) is 0 Å². The molecule has 2 heterocycles. The molecule has 0 fully saturated rings. The minimum atomic E-state index is 0.407. The van der Waals surface area contributed by atoms with Gasteiger partial charge in [0.1, 0.15) is 0 Å². The molecular weight excluding hydrogens is 246 g/mol. The standard InChI is InChI=1S/C6H4OSe2/c7-4-3-9-5-1-2-8-6(4)5/h1-2H,3H2. The molecule has 0 spiro atoms. The van der Waals surface area contributed by atoms with E-state index in [1.54, 1.807) is 0 Å². The summed E-state index contributed by atoms with van der Waals surface area (Å²) in [6, 6.07) is 2.14. The molecule has 0 radical (unpaired) electrons. The zero-order valence-corrected chi connectivity index (χ0v) is 8.01. The van der Waals surface area contributed by atoms with E-state index in [4.69, 9.17) is 0 Å². The molecule has 0 atom stereocenters. The van der Waals surface area contributed by atoms with E-state index in [9.17, 15) is 4.79 Å². The van der Waals surface area contributed by atoms with Gasteiger partial charge in [-0.25, -0.2) is 0 Å². The minimum absolute atomic E-state index is 0.407. The first kappa shape index (κ1) is 5.94. The molecule has 1 nitrogen and oxygen atoms in total. The van der Waals surface area contributed by atoms with Crippen LogP contribution in [0, 0.1) is 0 Å². The van der Waals surface area contributed by atoms with Crippen LogP contribution in [-0.2, 0) is 0 Å². The van der Waals surface area contributed by atoms with Gasteiger partial charge in [0, 0.05) is 0 Å². The number of carbonyl (C=O) groups excluding carboxylic acids is 1. The van der Waals surface area contributed by atoms with E-state index in [0.717, 1.165) is 5.32 Å². The van der Waals surface area contributed by atoms with Crippen molar-refractivity contribution >= 4 is 39.7 Å². The fourth-order valence-corrected chi connectivity index (χ4v) is 6.18. The molecule has 0 aliphatic carbocycles. The van der Waals surface area contributed by atoms with Crippen molar-refractivity contribution in [2.45, 2.75) is 5.32 Å². The van der Waals surface area contributed by atoms with E-state index in [0.29, 0.717) is 35.2 Å². The first-order valence-electron chi connectivity index (χ1n) is 2.61. The van der Waals surface area contributed by atoms with E-state index in [2.05, 4.69) is 11.0 Å². The summed E-state index contributed by atoms with van der Waals surface area (Å²) in [6.45, 7) is 0. The Morgan fingerprint density at radius 2 is 2.44 bits per heavy atom. The van der Waals surface area contributed by atoms with Gasteiger partial charge >= 0.3 is 65.3 Å². The molecule has 0 saturated heterocycles. The molecule has 0 bridgehead atoms. The van der Waals surface area contributed by atoms with E-state index in [-0.39, 0.29) is 0 Å². The Hall–Kier alpha value is 0.189. The summed E-state index contributed by atoms with van der Waals surface area (Å²) in [5.41, 5.74) is 0. The van der Waals surface area contributed by atoms with Crippen molar-refractivity contribution in [1.29, 1.82) is 0 Å². The molecule has 0 amide bonds. The van der Waals surface area contributed by atoms with E-state index in [1.807, 2.05) is 0 Å². The van der Waals surface area contributed by atoms with Crippen LogP contribution in [0.3, 0.4) is 0 Å². The van der Waals surface area contributed by atoms with Gasteiger partial charge in [0.15, 0.2) is 0 Å². The Morgan fingerprint density at radius 3 is 3.22 bits per heavy atom. The van der Waals surface area contributed by atoms with Crippen LogP contribution in [0.15, 0.2) is 11.0 Å². The quantitative estimate of drug-likeness (QED) is 0.577. The predicted octanol–water partition coefficient (Wildman–Crippen LogP) is -0.312.